The number of ether oxygens (including phenoxy) is 1. The molecule has 0 aliphatic heterocycles. The Balaban J connectivity index is 1.72. The maximum atomic E-state index is 12.5. The van der Waals surface area contributed by atoms with Crippen molar-refractivity contribution in [1.29, 1.82) is 0 Å². The highest BCUT2D eigenvalue weighted by Gasteiger charge is 2.23. The summed E-state index contributed by atoms with van der Waals surface area (Å²) in [5.41, 5.74) is 2.87. The zero-order chi connectivity index (χ0) is 17.6. The predicted molar refractivity (Wildman–Crippen MR) is 95.8 cm³/mol. The van der Waals surface area contributed by atoms with Crippen molar-refractivity contribution in [2.75, 3.05) is 0 Å². The molecule has 1 atom stereocenters. The minimum Gasteiger partial charge on any atom is -0.459 e. The number of rotatable bonds is 6. The minimum absolute atomic E-state index is 0.184. The van der Waals surface area contributed by atoms with Crippen LogP contribution in [0.2, 0.25) is 0 Å². The van der Waals surface area contributed by atoms with E-state index < -0.39 is 12.0 Å². The molecule has 0 radical (unpaired) electrons. The summed E-state index contributed by atoms with van der Waals surface area (Å²) in [5.74, 6) is -0.703. The molecule has 1 aromatic heterocycles. The number of para-hydroxylation sites is 1. The van der Waals surface area contributed by atoms with E-state index in [1.807, 2.05) is 60.8 Å². The van der Waals surface area contributed by atoms with Gasteiger partial charge in [-0.1, -0.05) is 48.5 Å². The Hall–Kier alpha value is -3.08. The lowest BCUT2D eigenvalue weighted by Crippen LogP contribution is -2.42. The zero-order valence-corrected chi connectivity index (χ0v) is 14.0. The fraction of sp³-hybridized carbons (Fsp3) is 0.200. The van der Waals surface area contributed by atoms with Crippen molar-refractivity contribution in [3.63, 3.8) is 0 Å². The van der Waals surface area contributed by atoms with Crippen LogP contribution in [0.1, 0.15) is 18.1 Å². The van der Waals surface area contributed by atoms with Crippen LogP contribution in [-0.4, -0.2) is 22.9 Å². The number of esters is 1. The molecule has 1 heterocycles. The van der Waals surface area contributed by atoms with Gasteiger partial charge in [-0.25, -0.2) is 4.79 Å². The molecule has 128 valence electrons. The first-order chi connectivity index (χ1) is 12.1. The number of hydrogen-bond donors (Lipinski definition) is 2. The Morgan fingerprint density at radius 1 is 1.08 bits per heavy atom. The Morgan fingerprint density at radius 2 is 1.80 bits per heavy atom. The summed E-state index contributed by atoms with van der Waals surface area (Å²) in [6.07, 6.45) is 2.24. The van der Waals surface area contributed by atoms with Gasteiger partial charge in [0.25, 0.3) is 0 Å². The molecule has 2 aromatic carbocycles. The first kappa shape index (κ1) is 16.8. The van der Waals surface area contributed by atoms with Crippen molar-refractivity contribution in [3.8, 4) is 0 Å². The first-order valence-electron chi connectivity index (χ1n) is 8.16. The van der Waals surface area contributed by atoms with Gasteiger partial charge in [0.1, 0.15) is 12.6 Å². The van der Waals surface area contributed by atoms with Crippen LogP contribution in [0.15, 0.2) is 60.8 Å². The minimum atomic E-state index is -0.722. The summed E-state index contributed by atoms with van der Waals surface area (Å²) in [7, 11) is 0. The number of fused-ring (bicyclic) bond motifs is 1. The topological polar surface area (TPSA) is 71.2 Å². The van der Waals surface area contributed by atoms with Crippen LogP contribution in [-0.2, 0) is 27.4 Å². The van der Waals surface area contributed by atoms with Gasteiger partial charge in [0.2, 0.25) is 5.91 Å². The summed E-state index contributed by atoms with van der Waals surface area (Å²) >= 11 is 0. The van der Waals surface area contributed by atoms with Gasteiger partial charge in [-0.05, 0) is 17.2 Å². The van der Waals surface area contributed by atoms with Crippen molar-refractivity contribution in [1.82, 2.24) is 10.3 Å². The van der Waals surface area contributed by atoms with Crippen LogP contribution >= 0.6 is 0 Å². The molecule has 0 bridgehead atoms. The molecule has 0 fully saturated rings. The third-order valence-electron chi connectivity index (χ3n) is 3.98. The van der Waals surface area contributed by atoms with Crippen LogP contribution in [0.4, 0.5) is 0 Å². The number of carbonyl (C=O) groups excluding carboxylic acids is 2. The number of aromatic amines is 1. The summed E-state index contributed by atoms with van der Waals surface area (Å²) < 4.78 is 5.39. The van der Waals surface area contributed by atoms with E-state index in [4.69, 9.17) is 4.74 Å². The molecule has 1 amide bonds. The summed E-state index contributed by atoms with van der Waals surface area (Å²) in [4.78, 5) is 27.1. The molecule has 3 rings (SSSR count). The van der Waals surface area contributed by atoms with E-state index in [9.17, 15) is 9.59 Å². The molecule has 25 heavy (non-hydrogen) atoms. The SMILES string of the molecule is CC(=O)NC(Cc1c[nH]c2ccccc12)C(=O)OCc1ccccc1. The quantitative estimate of drug-likeness (QED) is 0.680. The summed E-state index contributed by atoms with van der Waals surface area (Å²) in [5, 5.41) is 3.73. The van der Waals surface area contributed by atoms with E-state index in [2.05, 4.69) is 10.3 Å². The zero-order valence-electron chi connectivity index (χ0n) is 14.0. The standard InChI is InChI=1S/C20H20N2O3/c1-14(23)22-19(20(24)25-13-15-7-3-2-4-8-15)11-16-12-21-18-10-6-5-9-17(16)18/h2-10,12,19,21H,11,13H2,1H3,(H,22,23). The average molecular weight is 336 g/mol. The number of hydrogen-bond acceptors (Lipinski definition) is 3. The fourth-order valence-corrected chi connectivity index (χ4v) is 2.79. The fourth-order valence-electron chi connectivity index (χ4n) is 2.79. The first-order valence-corrected chi connectivity index (χ1v) is 8.16. The molecule has 2 N–H and O–H groups in total. The van der Waals surface area contributed by atoms with E-state index in [0.29, 0.717) is 6.42 Å². The van der Waals surface area contributed by atoms with E-state index in [1.54, 1.807) is 0 Å². The molecule has 1 unspecified atom stereocenters. The number of H-pyrrole nitrogens is 1. The molecule has 0 spiro atoms. The molecule has 3 aromatic rings. The number of nitrogens with one attached hydrogen (secondary N) is 2. The molecule has 0 saturated carbocycles. The molecular formula is C20H20N2O3. The van der Waals surface area contributed by atoms with Crippen LogP contribution in [0.5, 0.6) is 0 Å². The highest BCUT2D eigenvalue weighted by molar-refractivity contribution is 5.86. The van der Waals surface area contributed by atoms with Crippen molar-refractivity contribution < 1.29 is 14.3 Å². The van der Waals surface area contributed by atoms with Crippen molar-refractivity contribution in [3.05, 3.63) is 71.9 Å². The molecule has 0 aliphatic carbocycles. The van der Waals surface area contributed by atoms with Crippen LogP contribution < -0.4 is 5.32 Å². The van der Waals surface area contributed by atoms with Gasteiger partial charge in [0.05, 0.1) is 0 Å². The smallest absolute Gasteiger partial charge is 0.329 e. The number of amides is 1. The van der Waals surface area contributed by atoms with Gasteiger partial charge < -0.3 is 15.0 Å². The maximum Gasteiger partial charge on any atom is 0.329 e. The Morgan fingerprint density at radius 3 is 2.56 bits per heavy atom. The molecule has 0 saturated heterocycles. The summed E-state index contributed by atoms with van der Waals surface area (Å²) in [6, 6.07) is 16.6. The lowest BCUT2D eigenvalue weighted by Gasteiger charge is -2.16. The van der Waals surface area contributed by atoms with Gasteiger partial charge in [0.15, 0.2) is 0 Å². The molecular weight excluding hydrogens is 316 g/mol. The third-order valence-corrected chi connectivity index (χ3v) is 3.98. The second kappa shape index (κ2) is 7.66. The number of aromatic nitrogens is 1. The van der Waals surface area contributed by atoms with E-state index in [0.717, 1.165) is 22.0 Å². The molecule has 5 nitrogen and oxygen atoms in total. The summed E-state index contributed by atoms with van der Waals surface area (Å²) in [6.45, 7) is 1.58. The van der Waals surface area contributed by atoms with Gasteiger partial charge >= 0.3 is 5.97 Å². The van der Waals surface area contributed by atoms with Crippen LogP contribution in [0.25, 0.3) is 10.9 Å². The Bertz CT molecular complexity index is 871. The monoisotopic (exact) mass is 336 g/mol. The molecule has 0 aliphatic rings. The van der Waals surface area contributed by atoms with Gasteiger partial charge in [-0.15, -0.1) is 0 Å². The van der Waals surface area contributed by atoms with Crippen molar-refractivity contribution in [2.45, 2.75) is 26.0 Å². The van der Waals surface area contributed by atoms with Gasteiger partial charge in [-0.3, -0.25) is 4.79 Å². The lowest BCUT2D eigenvalue weighted by molar-refractivity contribution is -0.149. The predicted octanol–water partition coefficient (Wildman–Crippen LogP) is 2.96. The van der Waals surface area contributed by atoms with E-state index in [1.165, 1.54) is 6.92 Å². The normalized spacial score (nSPS) is 11.9. The molecule has 5 heteroatoms. The average Bonchev–Trinajstić information content (AvgIpc) is 3.03. The van der Waals surface area contributed by atoms with Crippen LogP contribution in [0, 0.1) is 0 Å². The Kier molecular flexibility index (Phi) is 5.14. The van der Waals surface area contributed by atoms with E-state index in [-0.39, 0.29) is 12.5 Å². The highest BCUT2D eigenvalue weighted by Crippen LogP contribution is 2.19. The number of carbonyl (C=O) groups is 2. The van der Waals surface area contributed by atoms with E-state index >= 15 is 0 Å². The second-order valence-corrected chi connectivity index (χ2v) is 5.91. The maximum absolute atomic E-state index is 12.5. The second-order valence-electron chi connectivity index (χ2n) is 5.91. The largest absolute Gasteiger partial charge is 0.459 e. The van der Waals surface area contributed by atoms with Gasteiger partial charge in [-0.2, -0.15) is 0 Å². The Labute approximate surface area is 146 Å². The third kappa shape index (κ3) is 4.26. The van der Waals surface area contributed by atoms with Crippen molar-refractivity contribution in [2.24, 2.45) is 0 Å². The lowest BCUT2D eigenvalue weighted by atomic mass is 10.0. The van der Waals surface area contributed by atoms with Crippen molar-refractivity contribution >= 4 is 22.8 Å². The van der Waals surface area contributed by atoms with Crippen LogP contribution in [0.3, 0.4) is 0 Å². The van der Waals surface area contributed by atoms with Gasteiger partial charge in [0, 0.05) is 30.4 Å². The highest BCUT2D eigenvalue weighted by atomic mass is 16.5. The number of benzene rings is 2.